The van der Waals surface area contributed by atoms with Crippen molar-refractivity contribution in [3.05, 3.63) is 79.3 Å². The third-order valence-electron chi connectivity index (χ3n) is 3.44. The van der Waals surface area contributed by atoms with E-state index in [0.717, 1.165) is 11.4 Å². The van der Waals surface area contributed by atoms with E-state index in [-0.39, 0.29) is 11.7 Å². The summed E-state index contributed by atoms with van der Waals surface area (Å²) in [5.41, 5.74) is 2.32. The van der Waals surface area contributed by atoms with Crippen molar-refractivity contribution in [1.29, 1.82) is 0 Å². The van der Waals surface area contributed by atoms with Crippen LogP contribution in [-0.4, -0.2) is 25.5 Å². The summed E-state index contributed by atoms with van der Waals surface area (Å²) in [6.45, 7) is 0. The molecule has 3 aromatic heterocycles. The molecule has 0 aliphatic heterocycles. The summed E-state index contributed by atoms with van der Waals surface area (Å²) in [7, 11) is 0. The van der Waals surface area contributed by atoms with Gasteiger partial charge in [-0.05, 0) is 24.3 Å². The Balaban J connectivity index is 1.53. The number of furan rings is 1. The smallest absolute Gasteiger partial charge is 0.291 e. The lowest BCUT2D eigenvalue weighted by Crippen LogP contribution is -2.10. The second kappa shape index (κ2) is 5.88. The van der Waals surface area contributed by atoms with Crippen molar-refractivity contribution in [2.75, 3.05) is 5.32 Å². The van der Waals surface area contributed by atoms with Gasteiger partial charge in [-0.25, -0.2) is 9.36 Å². The minimum absolute atomic E-state index is 0.250. The summed E-state index contributed by atoms with van der Waals surface area (Å²) in [5, 5.41) is 11.3. The van der Waals surface area contributed by atoms with Gasteiger partial charge in [0.05, 0.1) is 42.4 Å². The predicted molar refractivity (Wildman–Crippen MR) is 87.3 cm³/mol. The topological polar surface area (TPSA) is 77.9 Å². The molecule has 4 rings (SSSR count). The largest absolute Gasteiger partial charge is 0.459 e. The Bertz CT molecular complexity index is 954. The van der Waals surface area contributed by atoms with Crippen LogP contribution in [-0.2, 0) is 0 Å². The highest BCUT2D eigenvalue weighted by Crippen LogP contribution is 2.14. The van der Waals surface area contributed by atoms with Crippen LogP contribution in [0.1, 0.15) is 10.6 Å². The summed E-state index contributed by atoms with van der Waals surface area (Å²) >= 11 is 0. The van der Waals surface area contributed by atoms with Gasteiger partial charge in [0.25, 0.3) is 5.91 Å². The molecule has 0 saturated heterocycles. The minimum Gasteiger partial charge on any atom is -0.459 e. The zero-order valence-electron chi connectivity index (χ0n) is 12.5. The van der Waals surface area contributed by atoms with E-state index in [4.69, 9.17) is 4.42 Å². The van der Waals surface area contributed by atoms with E-state index in [1.807, 2.05) is 36.5 Å². The molecule has 7 nitrogen and oxygen atoms in total. The fourth-order valence-electron chi connectivity index (χ4n) is 2.28. The zero-order chi connectivity index (χ0) is 16.4. The van der Waals surface area contributed by atoms with Gasteiger partial charge in [0.2, 0.25) is 0 Å². The van der Waals surface area contributed by atoms with E-state index in [2.05, 4.69) is 15.5 Å². The Morgan fingerprint density at radius 1 is 0.917 bits per heavy atom. The Morgan fingerprint density at radius 2 is 1.71 bits per heavy atom. The number of para-hydroxylation sites is 1. The first-order valence-electron chi connectivity index (χ1n) is 7.29. The Hall–Kier alpha value is -3.61. The molecule has 1 N–H and O–H groups in total. The van der Waals surface area contributed by atoms with Crippen LogP contribution in [0.25, 0.3) is 11.4 Å². The van der Waals surface area contributed by atoms with Gasteiger partial charge in [-0.15, -0.1) is 0 Å². The average Bonchev–Trinajstić information content (AvgIpc) is 3.36. The van der Waals surface area contributed by atoms with Crippen molar-refractivity contribution in [1.82, 2.24) is 19.6 Å². The highest BCUT2D eigenvalue weighted by molar-refractivity contribution is 6.02. The molecule has 0 aliphatic carbocycles. The lowest BCUT2D eigenvalue weighted by Gasteiger charge is -1.99. The second-order valence-electron chi connectivity index (χ2n) is 5.08. The number of carbonyl (C=O) groups excluding carboxylic acids is 1. The number of amides is 1. The number of aromatic nitrogens is 4. The van der Waals surface area contributed by atoms with Gasteiger partial charge in [-0.2, -0.15) is 10.2 Å². The SMILES string of the molecule is O=C(Nc1cnn(-c2cnn(-c3ccccc3)c2)c1)c1ccco1. The molecule has 0 aliphatic rings. The maximum absolute atomic E-state index is 12.0. The van der Waals surface area contributed by atoms with Crippen molar-refractivity contribution in [3.63, 3.8) is 0 Å². The van der Waals surface area contributed by atoms with E-state index in [9.17, 15) is 4.79 Å². The molecule has 4 aromatic rings. The molecule has 1 aromatic carbocycles. The van der Waals surface area contributed by atoms with Gasteiger partial charge in [0.1, 0.15) is 5.69 Å². The fraction of sp³-hybridized carbons (Fsp3) is 0. The number of anilines is 1. The molecule has 118 valence electrons. The minimum atomic E-state index is -0.320. The first-order chi connectivity index (χ1) is 11.8. The molecule has 0 fully saturated rings. The molecule has 0 saturated carbocycles. The maximum atomic E-state index is 12.0. The summed E-state index contributed by atoms with van der Waals surface area (Å²) < 4.78 is 8.46. The Labute approximate surface area is 137 Å². The molecular formula is C17H13N5O2. The number of hydrogen-bond acceptors (Lipinski definition) is 4. The highest BCUT2D eigenvalue weighted by atomic mass is 16.3. The highest BCUT2D eigenvalue weighted by Gasteiger charge is 2.11. The van der Waals surface area contributed by atoms with E-state index >= 15 is 0 Å². The van der Waals surface area contributed by atoms with Crippen molar-refractivity contribution in [3.8, 4) is 11.4 Å². The molecular weight excluding hydrogens is 306 g/mol. The number of rotatable bonds is 4. The van der Waals surface area contributed by atoms with E-state index < -0.39 is 0 Å². The standard InChI is InChI=1S/C17H13N5O2/c23-17(16-7-4-8-24-16)20-13-9-18-21(11-13)15-10-19-22(12-15)14-5-2-1-3-6-14/h1-12H,(H,20,23). The molecule has 0 bridgehead atoms. The van der Waals surface area contributed by atoms with Gasteiger partial charge in [-0.3, -0.25) is 4.79 Å². The van der Waals surface area contributed by atoms with Gasteiger partial charge in [0.15, 0.2) is 5.76 Å². The predicted octanol–water partition coefficient (Wildman–Crippen LogP) is 2.90. The van der Waals surface area contributed by atoms with Crippen LogP contribution in [0.15, 0.2) is 77.9 Å². The van der Waals surface area contributed by atoms with Crippen LogP contribution >= 0.6 is 0 Å². The third-order valence-corrected chi connectivity index (χ3v) is 3.44. The number of benzene rings is 1. The van der Waals surface area contributed by atoms with Gasteiger partial charge in [-0.1, -0.05) is 18.2 Å². The van der Waals surface area contributed by atoms with Crippen LogP contribution in [0.5, 0.6) is 0 Å². The molecule has 24 heavy (non-hydrogen) atoms. The summed E-state index contributed by atoms with van der Waals surface area (Å²) in [6, 6.07) is 13.1. The lowest BCUT2D eigenvalue weighted by atomic mass is 10.3. The average molecular weight is 319 g/mol. The summed E-state index contributed by atoms with van der Waals surface area (Å²) in [5.74, 6) is -0.0702. The summed E-state index contributed by atoms with van der Waals surface area (Å²) in [4.78, 5) is 12.0. The van der Waals surface area contributed by atoms with Crippen molar-refractivity contribution < 1.29 is 9.21 Å². The number of nitrogens with one attached hydrogen (secondary N) is 1. The number of carbonyl (C=O) groups is 1. The molecule has 1 amide bonds. The van der Waals surface area contributed by atoms with Gasteiger partial charge >= 0.3 is 0 Å². The Kier molecular flexibility index (Phi) is 3.43. The fourth-order valence-corrected chi connectivity index (χ4v) is 2.28. The lowest BCUT2D eigenvalue weighted by molar-refractivity contribution is 0.0996. The van der Waals surface area contributed by atoms with Crippen LogP contribution < -0.4 is 5.32 Å². The van der Waals surface area contributed by atoms with Gasteiger partial charge in [0, 0.05) is 0 Å². The normalized spacial score (nSPS) is 10.7. The molecule has 0 unspecified atom stereocenters. The van der Waals surface area contributed by atoms with Gasteiger partial charge < -0.3 is 9.73 Å². The molecule has 0 atom stereocenters. The zero-order valence-corrected chi connectivity index (χ0v) is 12.5. The van der Waals surface area contributed by atoms with Crippen LogP contribution in [0.2, 0.25) is 0 Å². The summed E-state index contributed by atoms with van der Waals surface area (Å²) in [6.07, 6.45) is 8.31. The van der Waals surface area contributed by atoms with Crippen LogP contribution in [0, 0.1) is 0 Å². The van der Waals surface area contributed by atoms with E-state index in [1.54, 1.807) is 40.1 Å². The van der Waals surface area contributed by atoms with Crippen LogP contribution in [0.4, 0.5) is 5.69 Å². The Morgan fingerprint density at radius 3 is 2.50 bits per heavy atom. The quantitative estimate of drug-likeness (QED) is 0.627. The van der Waals surface area contributed by atoms with Crippen molar-refractivity contribution >= 4 is 11.6 Å². The van der Waals surface area contributed by atoms with E-state index in [1.165, 1.54) is 6.26 Å². The third kappa shape index (κ3) is 2.70. The van der Waals surface area contributed by atoms with Crippen molar-refractivity contribution in [2.45, 2.75) is 0 Å². The molecule has 7 heteroatoms. The van der Waals surface area contributed by atoms with Crippen LogP contribution in [0.3, 0.4) is 0 Å². The second-order valence-corrected chi connectivity index (χ2v) is 5.08. The first kappa shape index (κ1) is 14.0. The van der Waals surface area contributed by atoms with E-state index in [0.29, 0.717) is 5.69 Å². The monoisotopic (exact) mass is 319 g/mol. The molecule has 3 heterocycles. The number of nitrogens with zero attached hydrogens (tertiary/aromatic N) is 4. The molecule has 0 radical (unpaired) electrons. The molecule has 0 spiro atoms. The van der Waals surface area contributed by atoms with Crippen molar-refractivity contribution in [2.24, 2.45) is 0 Å². The number of hydrogen-bond donors (Lipinski definition) is 1. The maximum Gasteiger partial charge on any atom is 0.291 e. The first-order valence-corrected chi connectivity index (χ1v) is 7.29.